The Kier molecular flexibility index (Phi) is 7.35. The Hall–Kier alpha value is -2.94. The number of hydrogen-bond donors (Lipinski definition) is 0. The predicted octanol–water partition coefficient (Wildman–Crippen LogP) is 6.07. The number of carbonyl (C=O) groups excluding carboxylic acids is 2. The molecule has 0 saturated heterocycles. The van der Waals surface area contributed by atoms with Crippen molar-refractivity contribution >= 4 is 29.3 Å². The van der Waals surface area contributed by atoms with Gasteiger partial charge in [0.05, 0.1) is 23.2 Å². The fourth-order valence-electron chi connectivity index (χ4n) is 3.54. The number of amides is 2. The first-order valence-electron chi connectivity index (χ1n) is 10.6. The molecule has 10 heteroatoms. The zero-order chi connectivity index (χ0) is 25.3. The molecule has 0 bridgehead atoms. The fraction of sp³-hybridized carbons (Fsp3) is 0.417. The number of nitrogens with zero attached hydrogens (tertiary/aromatic N) is 2. The third-order valence-corrected chi connectivity index (χ3v) is 5.36. The van der Waals surface area contributed by atoms with E-state index < -0.39 is 30.4 Å². The third-order valence-electron chi connectivity index (χ3n) is 5.05. The van der Waals surface area contributed by atoms with Gasteiger partial charge in [0.25, 0.3) is 5.91 Å². The molecule has 1 heterocycles. The molecule has 1 aliphatic heterocycles. The summed E-state index contributed by atoms with van der Waals surface area (Å²) in [7, 11) is 0. The molecule has 0 radical (unpaired) electrons. The summed E-state index contributed by atoms with van der Waals surface area (Å²) in [6.07, 6.45) is -4.99. The lowest BCUT2D eigenvalue weighted by Gasteiger charge is -2.31. The molecule has 0 spiro atoms. The van der Waals surface area contributed by atoms with Crippen molar-refractivity contribution in [1.29, 1.82) is 0 Å². The van der Waals surface area contributed by atoms with Crippen LogP contribution in [0.4, 0.5) is 23.7 Å². The van der Waals surface area contributed by atoms with E-state index in [9.17, 15) is 22.8 Å². The topological polar surface area (TPSA) is 59.1 Å². The van der Waals surface area contributed by atoms with Gasteiger partial charge in [0, 0.05) is 12.2 Å². The molecule has 0 aliphatic carbocycles. The number of halogens is 4. The average Bonchev–Trinajstić information content (AvgIpc) is 2.87. The number of hydrogen-bond acceptors (Lipinski definition) is 4. The molecule has 0 saturated carbocycles. The van der Waals surface area contributed by atoms with Crippen molar-refractivity contribution in [3.05, 3.63) is 58.6 Å². The molecule has 184 valence electrons. The number of rotatable bonds is 3. The number of carbonyl (C=O) groups is 2. The highest BCUT2D eigenvalue weighted by atomic mass is 35.5. The second kappa shape index (κ2) is 9.74. The van der Waals surface area contributed by atoms with E-state index in [0.717, 1.165) is 5.56 Å². The predicted molar refractivity (Wildman–Crippen MR) is 122 cm³/mol. The highest BCUT2D eigenvalue weighted by Crippen LogP contribution is 2.32. The zero-order valence-electron chi connectivity index (χ0n) is 19.3. The minimum Gasteiger partial charge on any atom is -0.484 e. The smallest absolute Gasteiger partial charge is 0.422 e. The van der Waals surface area contributed by atoms with Crippen LogP contribution in [0.2, 0.25) is 5.02 Å². The Bertz CT molecular complexity index is 1070. The molecule has 1 aliphatic rings. The quantitative estimate of drug-likeness (QED) is 0.515. The molecule has 2 aromatic carbocycles. The summed E-state index contributed by atoms with van der Waals surface area (Å²) in [5, 5.41) is -0.0388. The van der Waals surface area contributed by atoms with Crippen LogP contribution in [0.1, 0.15) is 43.6 Å². The average molecular weight is 499 g/mol. The lowest BCUT2D eigenvalue weighted by atomic mass is 10.1. The van der Waals surface area contributed by atoms with Gasteiger partial charge in [-0.2, -0.15) is 13.2 Å². The Labute approximate surface area is 201 Å². The molecular weight excluding hydrogens is 473 g/mol. The standard InChI is InChI=1S/C24H26ClF3N2O4/c1-15-12-30(21(31)18-10-9-17(11-19(18)25)33-14-24(26,27)28)20-8-6-5-7-16(20)13-29(15)22(32)34-23(2,3)4/h5-11,15H,12-14H2,1-4H3/t15-/m1/s1. The van der Waals surface area contributed by atoms with Crippen molar-refractivity contribution < 1.29 is 32.2 Å². The molecule has 0 aromatic heterocycles. The van der Waals surface area contributed by atoms with Crippen LogP contribution in [0.15, 0.2) is 42.5 Å². The van der Waals surface area contributed by atoms with Gasteiger partial charge in [-0.25, -0.2) is 4.79 Å². The molecule has 6 nitrogen and oxygen atoms in total. The van der Waals surface area contributed by atoms with Gasteiger partial charge in [-0.15, -0.1) is 0 Å². The van der Waals surface area contributed by atoms with E-state index in [1.165, 1.54) is 23.1 Å². The minimum atomic E-state index is -4.49. The molecule has 0 fully saturated rings. The van der Waals surface area contributed by atoms with E-state index in [2.05, 4.69) is 0 Å². The van der Waals surface area contributed by atoms with Gasteiger partial charge in [0.1, 0.15) is 11.4 Å². The van der Waals surface area contributed by atoms with Gasteiger partial charge in [0.2, 0.25) is 0 Å². The molecule has 0 N–H and O–H groups in total. The molecular formula is C24H26ClF3N2O4. The lowest BCUT2D eigenvalue weighted by molar-refractivity contribution is -0.153. The Morgan fingerprint density at radius 1 is 1.12 bits per heavy atom. The number of benzene rings is 2. The van der Waals surface area contributed by atoms with Gasteiger partial charge in [0.15, 0.2) is 6.61 Å². The summed E-state index contributed by atoms with van der Waals surface area (Å²) in [6, 6.07) is 10.6. The van der Waals surface area contributed by atoms with Crippen molar-refractivity contribution in [3.63, 3.8) is 0 Å². The van der Waals surface area contributed by atoms with Crippen LogP contribution in [0.25, 0.3) is 0 Å². The number of fused-ring (bicyclic) bond motifs is 1. The molecule has 3 rings (SSSR count). The number of para-hydroxylation sites is 1. The van der Waals surface area contributed by atoms with E-state index in [0.29, 0.717) is 5.69 Å². The first-order chi connectivity index (χ1) is 15.7. The maximum atomic E-state index is 13.5. The van der Waals surface area contributed by atoms with E-state index in [1.54, 1.807) is 37.8 Å². The van der Waals surface area contributed by atoms with Gasteiger partial charge >= 0.3 is 12.3 Å². The van der Waals surface area contributed by atoms with Gasteiger partial charge in [-0.05, 0) is 57.5 Å². The first-order valence-corrected chi connectivity index (χ1v) is 11.0. The normalized spacial score (nSPS) is 16.5. The summed E-state index contributed by atoms with van der Waals surface area (Å²) in [5.41, 5.74) is 0.779. The number of anilines is 1. The van der Waals surface area contributed by atoms with Crippen molar-refractivity contribution in [2.24, 2.45) is 0 Å². The van der Waals surface area contributed by atoms with E-state index >= 15 is 0 Å². The second-order valence-corrected chi connectivity index (χ2v) is 9.45. The monoisotopic (exact) mass is 498 g/mol. The summed E-state index contributed by atoms with van der Waals surface area (Å²) < 4.78 is 47.6. The van der Waals surface area contributed by atoms with Gasteiger partial charge in [-0.3, -0.25) is 9.69 Å². The summed E-state index contributed by atoms with van der Waals surface area (Å²) in [5.74, 6) is -0.544. The molecule has 2 amide bonds. The SMILES string of the molecule is C[C@@H]1CN(C(=O)c2ccc(OCC(F)(F)F)cc2Cl)c2ccccc2CN1C(=O)OC(C)(C)C. The van der Waals surface area contributed by atoms with Crippen molar-refractivity contribution in [2.45, 2.75) is 52.1 Å². The number of alkyl halides is 3. The summed E-state index contributed by atoms with van der Waals surface area (Å²) >= 11 is 6.26. The summed E-state index contributed by atoms with van der Waals surface area (Å²) in [4.78, 5) is 29.4. The van der Waals surface area contributed by atoms with Crippen LogP contribution >= 0.6 is 11.6 Å². The molecule has 2 aromatic rings. The molecule has 0 unspecified atom stereocenters. The lowest BCUT2D eigenvalue weighted by Crippen LogP contribution is -2.46. The first kappa shape index (κ1) is 25.7. The van der Waals surface area contributed by atoms with Crippen LogP contribution in [0.5, 0.6) is 5.75 Å². The summed E-state index contributed by atoms with van der Waals surface area (Å²) in [6.45, 7) is 6.09. The minimum absolute atomic E-state index is 0.0388. The maximum Gasteiger partial charge on any atom is 0.422 e. The second-order valence-electron chi connectivity index (χ2n) is 9.05. The molecule has 34 heavy (non-hydrogen) atoms. The van der Waals surface area contributed by atoms with E-state index in [4.69, 9.17) is 21.1 Å². The highest BCUT2D eigenvalue weighted by Gasteiger charge is 2.34. The Balaban J connectivity index is 1.89. The third kappa shape index (κ3) is 6.34. The van der Waals surface area contributed by atoms with Crippen LogP contribution in [0.3, 0.4) is 0 Å². The maximum absolute atomic E-state index is 13.5. The Morgan fingerprint density at radius 2 is 1.79 bits per heavy atom. The fourth-order valence-corrected chi connectivity index (χ4v) is 3.79. The molecule has 1 atom stereocenters. The number of ether oxygens (including phenoxy) is 2. The van der Waals surface area contributed by atoms with Crippen LogP contribution in [-0.4, -0.2) is 47.9 Å². The van der Waals surface area contributed by atoms with Gasteiger partial charge < -0.3 is 14.4 Å². The Morgan fingerprint density at radius 3 is 2.41 bits per heavy atom. The van der Waals surface area contributed by atoms with Crippen LogP contribution in [-0.2, 0) is 11.3 Å². The van der Waals surface area contributed by atoms with E-state index in [-0.39, 0.29) is 35.5 Å². The van der Waals surface area contributed by atoms with Crippen molar-refractivity contribution in [2.75, 3.05) is 18.1 Å². The highest BCUT2D eigenvalue weighted by molar-refractivity contribution is 6.34. The van der Waals surface area contributed by atoms with Gasteiger partial charge in [-0.1, -0.05) is 29.8 Å². The van der Waals surface area contributed by atoms with Crippen molar-refractivity contribution in [1.82, 2.24) is 4.90 Å². The van der Waals surface area contributed by atoms with Crippen molar-refractivity contribution in [3.8, 4) is 5.75 Å². The van der Waals surface area contributed by atoms with Crippen LogP contribution < -0.4 is 9.64 Å². The van der Waals surface area contributed by atoms with Crippen LogP contribution in [0, 0.1) is 0 Å². The zero-order valence-corrected chi connectivity index (χ0v) is 20.0. The van der Waals surface area contributed by atoms with E-state index in [1.807, 2.05) is 19.1 Å². The largest absolute Gasteiger partial charge is 0.484 e.